The molecule has 5 nitrogen and oxygen atoms in total. The largest absolute Gasteiger partial charge is 0.374 e. The van der Waals surface area contributed by atoms with Gasteiger partial charge in [0.2, 0.25) is 0 Å². The second-order valence-corrected chi connectivity index (χ2v) is 4.63. The van der Waals surface area contributed by atoms with Crippen LogP contribution >= 0.6 is 0 Å². The third-order valence-electron chi connectivity index (χ3n) is 3.39. The first kappa shape index (κ1) is 15.2. The molecule has 2 rings (SSSR count). The molecular formula is C16H17NO4. The molecule has 2 unspecified atom stereocenters. The first-order valence-electron chi connectivity index (χ1n) is 6.51. The lowest BCUT2D eigenvalue weighted by Crippen LogP contribution is -2.51. The number of nitro groups is 1. The Labute approximate surface area is 123 Å². The van der Waals surface area contributed by atoms with Gasteiger partial charge in [-0.2, -0.15) is 0 Å². The Balaban J connectivity index is 2.22. The molecule has 0 aliphatic heterocycles. The number of allylic oxidation sites excluding steroid dienone is 3. The van der Waals surface area contributed by atoms with Gasteiger partial charge < -0.3 is 9.47 Å². The van der Waals surface area contributed by atoms with E-state index in [-0.39, 0.29) is 6.61 Å². The van der Waals surface area contributed by atoms with Gasteiger partial charge in [0.1, 0.15) is 0 Å². The summed E-state index contributed by atoms with van der Waals surface area (Å²) in [7, 11) is 1.30. The Morgan fingerprint density at radius 3 is 2.71 bits per heavy atom. The van der Waals surface area contributed by atoms with Gasteiger partial charge in [-0.3, -0.25) is 10.1 Å². The molecule has 1 aromatic rings. The van der Waals surface area contributed by atoms with Crippen LogP contribution in [0.15, 0.2) is 66.8 Å². The molecule has 21 heavy (non-hydrogen) atoms. The summed E-state index contributed by atoms with van der Waals surface area (Å²) in [5.41, 5.74) is -0.00192. The second kappa shape index (κ2) is 6.47. The maximum Gasteiger partial charge on any atom is 0.374 e. The molecule has 5 heteroatoms. The summed E-state index contributed by atoms with van der Waals surface area (Å²) >= 11 is 0. The topological polar surface area (TPSA) is 61.6 Å². The van der Waals surface area contributed by atoms with Crippen LogP contribution in [0.1, 0.15) is 5.56 Å². The standard InChI is InChI=1S/C16H17NO4/c1-3-13-9-10-16(20-2,17(18)19)15(11-13)21-12-14-7-5-4-6-8-14/h3-11,15H,1,12H2,2H3. The summed E-state index contributed by atoms with van der Waals surface area (Å²) in [5.74, 6) is 0. The number of nitrogens with zero attached hydrogens (tertiary/aromatic N) is 1. The maximum atomic E-state index is 11.4. The fraction of sp³-hybridized carbons (Fsp3) is 0.250. The molecule has 0 aromatic heterocycles. The predicted octanol–water partition coefficient (Wildman–Crippen LogP) is 2.87. The molecule has 1 aromatic carbocycles. The van der Waals surface area contributed by atoms with Crippen LogP contribution in [0.2, 0.25) is 0 Å². The minimum absolute atomic E-state index is 0.263. The van der Waals surface area contributed by atoms with Gasteiger partial charge in [0, 0.05) is 13.2 Å². The van der Waals surface area contributed by atoms with E-state index in [1.54, 1.807) is 18.2 Å². The smallest absolute Gasteiger partial charge is 0.359 e. The molecule has 0 amide bonds. The lowest BCUT2D eigenvalue weighted by Gasteiger charge is -2.29. The van der Waals surface area contributed by atoms with E-state index in [0.717, 1.165) is 11.1 Å². The van der Waals surface area contributed by atoms with E-state index in [0.29, 0.717) is 0 Å². The number of benzene rings is 1. The summed E-state index contributed by atoms with van der Waals surface area (Å²) in [6.07, 6.45) is 5.47. The SMILES string of the molecule is C=CC1=CC(OCc2ccccc2)C(OC)([N+](=O)[O-])C=C1. The van der Waals surface area contributed by atoms with Crippen LogP contribution in [0.4, 0.5) is 0 Å². The molecule has 0 bridgehead atoms. The number of hydrogen-bond acceptors (Lipinski definition) is 4. The van der Waals surface area contributed by atoms with Crippen LogP contribution in [-0.4, -0.2) is 23.9 Å². The van der Waals surface area contributed by atoms with Gasteiger partial charge in [-0.1, -0.05) is 43.0 Å². The Morgan fingerprint density at radius 2 is 2.14 bits per heavy atom. The van der Waals surface area contributed by atoms with E-state index >= 15 is 0 Å². The van der Waals surface area contributed by atoms with Crippen molar-refractivity contribution in [1.82, 2.24) is 0 Å². The number of methoxy groups -OCH3 is 1. The third kappa shape index (κ3) is 3.09. The minimum atomic E-state index is -1.71. The molecular weight excluding hydrogens is 270 g/mol. The zero-order valence-corrected chi connectivity index (χ0v) is 11.8. The Bertz CT molecular complexity index is 579. The van der Waals surface area contributed by atoms with Crippen molar-refractivity contribution in [2.45, 2.75) is 18.4 Å². The highest BCUT2D eigenvalue weighted by atomic mass is 16.7. The lowest BCUT2D eigenvalue weighted by molar-refractivity contribution is -0.622. The van der Waals surface area contributed by atoms with Crippen molar-refractivity contribution in [2.75, 3.05) is 7.11 Å². The molecule has 2 atom stereocenters. The average Bonchev–Trinajstić information content (AvgIpc) is 2.53. The third-order valence-corrected chi connectivity index (χ3v) is 3.39. The zero-order chi connectivity index (χ0) is 15.3. The van der Waals surface area contributed by atoms with Crippen molar-refractivity contribution in [3.63, 3.8) is 0 Å². The van der Waals surface area contributed by atoms with Crippen molar-refractivity contribution in [3.8, 4) is 0 Å². The fourth-order valence-electron chi connectivity index (χ4n) is 2.15. The lowest BCUT2D eigenvalue weighted by atomic mass is 9.96. The molecule has 0 N–H and O–H groups in total. The van der Waals surface area contributed by atoms with Gasteiger partial charge in [-0.05, 0) is 23.3 Å². The summed E-state index contributed by atoms with van der Waals surface area (Å²) in [4.78, 5) is 10.9. The predicted molar refractivity (Wildman–Crippen MR) is 79.2 cm³/mol. The van der Waals surface area contributed by atoms with E-state index < -0.39 is 16.8 Å². The van der Waals surface area contributed by atoms with Gasteiger partial charge in [0.25, 0.3) is 0 Å². The number of hydrogen-bond donors (Lipinski definition) is 0. The summed E-state index contributed by atoms with van der Waals surface area (Å²) in [6, 6.07) is 9.48. The van der Waals surface area contributed by atoms with Crippen molar-refractivity contribution < 1.29 is 14.4 Å². The van der Waals surface area contributed by atoms with E-state index in [2.05, 4.69) is 6.58 Å². The normalized spacial score (nSPS) is 24.4. The first-order valence-corrected chi connectivity index (χ1v) is 6.51. The van der Waals surface area contributed by atoms with Crippen LogP contribution in [0.5, 0.6) is 0 Å². The van der Waals surface area contributed by atoms with Crippen molar-refractivity contribution in [3.05, 3.63) is 82.5 Å². The van der Waals surface area contributed by atoms with Gasteiger partial charge in [-0.15, -0.1) is 0 Å². The van der Waals surface area contributed by atoms with E-state index in [1.165, 1.54) is 13.2 Å². The molecule has 1 aliphatic rings. The summed E-state index contributed by atoms with van der Waals surface area (Å²) in [6.45, 7) is 3.93. The number of rotatable bonds is 6. The van der Waals surface area contributed by atoms with Crippen molar-refractivity contribution in [1.29, 1.82) is 0 Å². The average molecular weight is 287 g/mol. The molecule has 0 radical (unpaired) electrons. The van der Waals surface area contributed by atoms with Crippen molar-refractivity contribution in [2.24, 2.45) is 0 Å². The highest BCUT2D eigenvalue weighted by Crippen LogP contribution is 2.29. The van der Waals surface area contributed by atoms with Crippen molar-refractivity contribution >= 4 is 0 Å². The van der Waals surface area contributed by atoms with Crippen LogP contribution in [0.3, 0.4) is 0 Å². The van der Waals surface area contributed by atoms with Crippen LogP contribution in [-0.2, 0) is 16.1 Å². The van der Waals surface area contributed by atoms with Crippen LogP contribution in [0.25, 0.3) is 0 Å². The molecule has 0 saturated carbocycles. The van der Waals surface area contributed by atoms with E-state index in [1.807, 2.05) is 30.3 Å². The quantitative estimate of drug-likeness (QED) is 0.458. The molecule has 0 saturated heterocycles. The molecule has 0 spiro atoms. The minimum Gasteiger partial charge on any atom is -0.359 e. The van der Waals surface area contributed by atoms with Crippen LogP contribution < -0.4 is 0 Å². The second-order valence-electron chi connectivity index (χ2n) is 4.63. The molecule has 110 valence electrons. The van der Waals surface area contributed by atoms with E-state index in [4.69, 9.17) is 9.47 Å². The highest BCUT2D eigenvalue weighted by molar-refractivity contribution is 5.36. The monoisotopic (exact) mass is 287 g/mol. The zero-order valence-electron chi connectivity index (χ0n) is 11.8. The maximum absolute atomic E-state index is 11.4. The van der Waals surface area contributed by atoms with Gasteiger partial charge in [-0.25, -0.2) is 0 Å². The van der Waals surface area contributed by atoms with E-state index in [9.17, 15) is 10.1 Å². The summed E-state index contributed by atoms with van der Waals surface area (Å²) < 4.78 is 10.9. The van der Waals surface area contributed by atoms with Crippen LogP contribution in [0, 0.1) is 10.1 Å². The van der Waals surface area contributed by atoms with Gasteiger partial charge in [0.05, 0.1) is 11.5 Å². The number of ether oxygens (including phenoxy) is 2. The fourth-order valence-corrected chi connectivity index (χ4v) is 2.15. The molecule has 0 fully saturated rings. The summed E-state index contributed by atoms with van der Waals surface area (Å²) in [5, 5.41) is 11.4. The Hall–Kier alpha value is -2.24. The van der Waals surface area contributed by atoms with Gasteiger partial charge in [0.15, 0.2) is 6.10 Å². The first-order chi connectivity index (χ1) is 10.1. The molecule has 0 heterocycles. The highest BCUT2D eigenvalue weighted by Gasteiger charge is 2.50. The van der Waals surface area contributed by atoms with Gasteiger partial charge >= 0.3 is 5.72 Å². The molecule has 1 aliphatic carbocycles. The Kier molecular flexibility index (Phi) is 4.67. The Morgan fingerprint density at radius 1 is 1.43 bits per heavy atom.